The van der Waals surface area contributed by atoms with E-state index in [2.05, 4.69) is 10.6 Å². The number of likely N-dealkylation sites (N-methyl/N-ethyl adjacent to an activating group) is 1. The van der Waals surface area contributed by atoms with E-state index >= 15 is 0 Å². The molecule has 6 heteroatoms. The lowest BCUT2D eigenvalue weighted by Gasteiger charge is -2.43. The molecule has 0 spiro atoms. The number of nitrogens with one attached hydrogen (secondary N) is 2. The molecule has 166 valence electrons. The van der Waals surface area contributed by atoms with Gasteiger partial charge >= 0.3 is 0 Å². The van der Waals surface area contributed by atoms with Crippen LogP contribution in [0, 0.1) is 27.7 Å². The van der Waals surface area contributed by atoms with Gasteiger partial charge in [-0.15, -0.1) is 0 Å². The number of halogens is 1. The number of benzene rings is 2. The first kappa shape index (κ1) is 23.3. The first-order valence-corrected chi connectivity index (χ1v) is 11.1. The third kappa shape index (κ3) is 4.78. The van der Waals surface area contributed by atoms with Gasteiger partial charge in [0.05, 0.1) is 6.42 Å². The molecule has 5 nitrogen and oxygen atoms in total. The lowest BCUT2D eigenvalue weighted by Crippen LogP contribution is -2.62. The fourth-order valence-corrected chi connectivity index (χ4v) is 4.85. The first-order chi connectivity index (χ1) is 14.7. The summed E-state index contributed by atoms with van der Waals surface area (Å²) in [6.07, 6.45) is 1.40. The van der Waals surface area contributed by atoms with Gasteiger partial charge in [0.1, 0.15) is 5.54 Å². The van der Waals surface area contributed by atoms with Crippen molar-refractivity contribution in [2.24, 2.45) is 0 Å². The molecule has 0 aromatic heterocycles. The highest BCUT2D eigenvalue weighted by Crippen LogP contribution is 2.30. The van der Waals surface area contributed by atoms with Crippen LogP contribution in [0.3, 0.4) is 0 Å². The monoisotopic (exact) mass is 441 g/mol. The zero-order valence-electron chi connectivity index (χ0n) is 19.1. The number of amides is 2. The Bertz CT molecular complexity index is 953. The molecule has 1 aliphatic rings. The first-order valence-electron chi connectivity index (χ1n) is 10.8. The van der Waals surface area contributed by atoms with E-state index in [0.717, 1.165) is 33.5 Å². The minimum atomic E-state index is -0.884. The van der Waals surface area contributed by atoms with Gasteiger partial charge in [0.25, 0.3) is 0 Å². The second-order valence-corrected chi connectivity index (χ2v) is 9.09. The van der Waals surface area contributed by atoms with Gasteiger partial charge in [-0.05, 0) is 93.6 Å². The standard InChI is InChI=1S/C25H32ClN3O2/c1-16-7-6-8-17(2)23(16)28-24(31)25(9-11-27-12-10-25)29(5)22(30)15-21-18(3)13-20(26)14-19(21)4/h6-8,13-14,27H,9-12,15H2,1-5H3,(H,28,31). The van der Waals surface area contributed by atoms with Crippen molar-refractivity contribution in [1.29, 1.82) is 0 Å². The Labute approximate surface area is 190 Å². The van der Waals surface area contributed by atoms with Crippen molar-refractivity contribution in [3.8, 4) is 0 Å². The molecule has 0 bridgehead atoms. The number of anilines is 1. The number of nitrogens with zero attached hydrogens (tertiary/aromatic N) is 1. The van der Waals surface area contributed by atoms with Gasteiger partial charge in [-0.25, -0.2) is 0 Å². The van der Waals surface area contributed by atoms with Crippen LogP contribution >= 0.6 is 11.6 Å². The minimum absolute atomic E-state index is 0.0629. The second kappa shape index (κ2) is 9.41. The summed E-state index contributed by atoms with van der Waals surface area (Å²) in [4.78, 5) is 28.7. The largest absolute Gasteiger partial charge is 0.331 e. The van der Waals surface area contributed by atoms with Gasteiger partial charge in [0.15, 0.2) is 0 Å². The van der Waals surface area contributed by atoms with Gasteiger partial charge in [0, 0.05) is 17.8 Å². The molecule has 2 amide bonds. The Morgan fingerprint density at radius 1 is 1.03 bits per heavy atom. The van der Waals surface area contributed by atoms with Crippen LogP contribution in [0.2, 0.25) is 5.02 Å². The summed E-state index contributed by atoms with van der Waals surface area (Å²) in [5.41, 5.74) is 4.93. The lowest BCUT2D eigenvalue weighted by molar-refractivity contribution is -0.144. The van der Waals surface area contributed by atoms with Crippen molar-refractivity contribution < 1.29 is 9.59 Å². The number of rotatable bonds is 5. The third-order valence-electron chi connectivity index (χ3n) is 6.58. The highest BCUT2D eigenvalue weighted by atomic mass is 35.5. The van der Waals surface area contributed by atoms with Gasteiger partial charge in [-0.2, -0.15) is 0 Å². The molecular formula is C25H32ClN3O2. The Hall–Kier alpha value is -2.37. The average Bonchev–Trinajstić information content (AvgIpc) is 2.73. The molecule has 0 saturated carbocycles. The van der Waals surface area contributed by atoms with Gasteiger partial charge in [-0.3, -0.25) is 9.59 Å². The summed E-state index contributed by atoms with van der Waals surface area (Å²) >= 11 is 6.15. The van der Waals surface area contributed by atoms with Gasteiger partial charge in [-0.1, -0.05) is 29.8 Å². The lowest BCUT2D eigenvalue weighted by atomic mass is 9.84. The molecule has 1 fully saturated rings. The van der Waals surface area contributed by atoms with E-state index in [1.807, 2.05) is 58.0 Å². The van der Waals surface area contributed by atoms with Crippen LogP contribution in [0.25, 0.3) is 0 Å². The number of hydrogen-bond acceptors (Lipinski definition) is 3. The van der Waals surface area contributed by atoms with E-state index < -0.39 is 5.54 Å². The minimum Gasteiger partial charge on any atom is -0.331 e. The third-order valence-corrected chi connectivity index (χ3v) is 6.80. The highest BCUT2D eigenvalue weighted by molar-refractivity contribution is 6.30. The van der Waals surface area contributed by atoms with E-state index in [4.69, 9.17) is 11.6 Å². The van der Waals surface area contributed by atoms with E-state index in [1.54, 1.807) is 11.9 Å². The van der Waals surface area contributed by atoms with Crippen LogP contribution in [0.1, 0.15) is 40.7 Å². The van der Waals surface area contributed by atoms with E-state index in [1.165, 1.54) is 0 Å². The molecular weight excluding hydrogens is 410 g/mol. The predicted octanol–water partition coefficient (Wildman–Crippen LogP) is 4.34. The van der Waals surface area contributed by atoms with Crippen molar-refractivity contribution in [3.63, 3.8) is 0 Å². The number of carbonyl (C=O) groups excluding carboxylic acids is 2. The van der Waals surface area contributed by atoms with Crippen LogP contribution in [-0.4, -0.2) is 42.4 Å². The normalized spacial score (nSPS) is 15.4. The molecule has 0 unspecified atom stereocenters. The van der Waals surface area contributed by atoms with E-state index in [9.17, 15) is 9.59 Å². The quantitative estimate of drug-likeness (QED) is 0.725. The van der Waals surface area contributed by atoms with Crippen LogP contribution < -0.4 is 10.6 Å². The Balaban J connectivity index is 1.89. The molecule has 2 aromatic rings. The Morgan fingerprint density at radius 2 is 1.58 bits per heavy atom. The summed E-state index contributed by atoms with van der Waals surface area (Å²) in [5, 5.41) is 7.13. The van der Waals surface area contributed by atoms with Crippen LogP contribution in [-0.2, 0) is 16.0 Å². The zero-order chi connectivity index (χ0) is 22.8. The molecule has 1 saturated heterocycles. The van der Waals surface area contributed by atoms with E-state index in [-0.39, 0.29) is 18.2 Å². The van der Waals surface area contributed by atoms with E-state index in [0.29, 0.717) is 31.0 Å². The zero-order valence-corrected chi connectivity index (χ0v) is 19.8. The summed E-state index contributed by atoms with van der Waals surface area (Å²) in [6.45, 7) is 9.29. The van der Waals surface area contributed by atoms with Gasteiger partial charge < -0.3 is 15.5 Å². The molecule has 2 aromatic carbocycles. The summed E-state index contributed by atoms with van der Waals surface area (Å²) < 4.78 is 0. The Kier molecular flexibility index (Phi) is 7.07. The number of para-hydroxylation sites is 1. The predicted molar refractivity (Wildman–Crippen MR) is 127 cm³/mol. The Morgan fingerprint density at radius 3 is 2.13 bits per heavy atom. The molecule has 3 rings (SSSR count). The SMILES string of the molecule is Cc1cc(Cl)cc(C)c1CC(=O)N(C)C1(C(=O)Nc2c(C)cccc2C)CCNCC1. The molecule has 0 atom stereocenters. The number of carbonyl (C=O) groups is 2. The second-order valence-electron chi connectivity index (χ2n) is 8.65. The smallest absolute Gasteiger partial charge is 0.250 e. The van der Waals surface area contributed by atoms with Gasteiger partial charge in [0.2, 0.25) is 11.8 Å². The molecule has 1 heterocycles. The van der Waals surface area contributed by atoms with Crippen molar-refractivity contribution in [1.82, 2.24) is 10.2 Å². The number of piperidine rings is 1. The van der Waals surface area contributed by atoms with Crippen LogP contribution in [0.15, 0.2) is 30.3 Å². The maximum atomic E-state index is 13.6. The number of aryl methyl sites for hydroxylation is 4. The molecule has 2 N–H and O–H groups in total. The highest BCUT2D eigenvalue weighted by Gasteiger charge is 2.45. The molecule has 0 aliphatic carbocycles. The van der Waals surface area contributed by atoms with Crippen LogP contribution in [0.5, 0.6) is 0 Å². The molecule has 0 radical (unpaired) electrons. The summed E-state index contributed by atoms with van der Waals surface area (Å²) in [6, 6.07) is 9.71. The number of hydrogen-bond donors (Lipinski definition) is 2. The maximum Gasteiger partial charge on any atom is 0.250 e. The fraction of sp³-hybridized carbons (Fsp3) is 0.440. The maximum absolute atomic E-state index is 13.6. The summed E-state index contributed by atoms with van der Waals surface area (Å²) in [7, 11) is 1.76. The average molecular weight is 442 g/mol. The summed E-state index contributed by atoms with van der Waals surface area (Å²) in [5.74, 6) is -0.182. The van der Waals surface area contributed by atoms with Crippen LogP contribution in [0.4, 0.5) is 5.69 Å². The van der Waals surface area contributed by atoms with Crippen molar-refractivity contribution >= 4 is 29.1 Å². The fourth-order valence-electron chi connectivity index (χ4n) is 4.52. The van der Waals surface area contributed by atoms with Crippen molar-refractivity contribution in [2.75, 3.05) is 25.5 Å². The molecule has 1 aliphatic heterocycles. The van der Waals surface area contributed by atoms with Crippen molar-refractivity contribution in [2.45, 2.75) is 52.5 Å². The topological polar surface area (TPSA) is 61.4 Å². The van der Waals surface area contributed by atoms with Crippen molar-refractivity contribution in [3.05, 3.63) is 63.2 Å². The molecule has 31 heavy (non-hydrogen) atoms.